The summed E-state index contributed by atoms with van der Waals surface area (Å²) < 4.78 is 0. The Morgan fingerprint density at radius 2 is 1.55 bits per heavy atom. The second-order valence-corrected chi connectivity index (χ2v) is 7.68. The summed E-state index contributed by atoms with van der Waals surface area (Å²) in [4.78, 5) is 0. The highest BCUT2D eigenvalue weighted by Gasteiger charge is 2.47. The Morgan fingerprint density at radius 1 is 0.950 bits per heavy atom. The van der Waals surface area contributed by atoms with Gasteiger partial charge in [0.15, 0.2) is 0 Å². The topological polar surface area (TPSA) is 12.0 Å². The molecular weight excluding hydrogens is 242 g/mol. The van der Waals surface area contributed by atoms with Crippen molar-refractivity contribution in [2.24, 2.45) is 23.7 Å². The molecule has 1 unspecified atom stereocenters. The highest BCUT2D eigenvalue weighted by atomic mass is 14.9. The van der Waals surface area contributed by atoms with Crippen molar-refractivity contribution in [2.45, 2.75) is 51.0 Å². The second kappa shape index (κ2) is 5.18. The van der Waals surface area contributed by atoms with Crippen LogP contribution in [0.5, 0.6) is 0 Å². The van der Waals surface area contributed by atoms with E-state index in [2.05, 4.69) is 42.6 Å². The minimum Gasteiger partial charge on any atom is -0.313 e. The normalized spacial score (nSPS) is 40.0. The Hall–Kier alpha value is -0.820. The fourth-order valence-corrected chi connectivity index (χ4v) is 5.47. The first-order valence-corrected chi connectivity index (χ1v) is 8.58. The van der Waals surface area contributed by atoms with Gasteiger partial charge in [0.1, 0.15) is 0 Å². The van der Waals surface area contributed by atoms with Crippen molar-refractivity contribution < 1.29 is 0 Å². The van der Waals surface area contributed by atoms with Crippen LogP contribution in [-0.2, 0) is 0 Å². The summed E-state index contributed by atoms with van der Waals surface area (Å²) in [7, 11) is 0. The highest BCUT2D eigenvalue weighted by Crippen LogP contribution is 2.53. The van der Waals surface area contributed by atoms with Crippen LogP contribution in [0.25, 0.3) is 0 Å². The standard InChI is InChI=1S/C19H27N/c1-13(16-5-3-2-4-6-16)12-20-19-17-8-14-7-15(10-17)11-18(19)9-14/h2-6,13-15,17-20H,7-12H2,1H3. The third-order valence-corrected chi connectivity index (χ3v) is 6.26. The Balaban J connectivity index is 1.38. The number of hydrogen-bond donors (Lipinski definition) is 1. The molecule has 1 heteroatoms. The summed E-state index contributed by atoms with van der Waals surface area (Å²) in [5.41, 5.74) is 1.48. The van der Waals surface area contributed by atoms with Crippen molar-refractivity contribution >= 4 is 0 Å². The Labute approximate surface area is 123 Å². The zero-order chi connectivity index (χ0) is 13.5. The lowest BCUT2D eigenvalue weighted by Crippen LogP contribution is -2.55. The molecule has 0 amide bonds. The number of rotatable bonds is 4. The first-order valence-electron chi connectivity index (χ1n) is 8.58. The van der Waals surface area contributed by atoms with Crippen molar-refractivity contribution in [1.29, 1.82) is 0 Å². The molecular formula is C19H27N. The van der Waals surface area contributed by atoms with E-state index >= 15 is 0 Å². The van der Waals surface area contributed by atoms with Gasteiger partial charge in [0.25, 0.3) is 0 Å². The molecule has 1 aromatic rings. The van der Waals surface area contributed by atoms with Crippen LogP contribution in [-0.4, -0.2) is 12.6 Å². The fourth-order valence-electron chi connectivity index (χ4n) is 5.47. The van der Waals surface area contributed by atoms with Gasteiger partial charge in [-0.05, 0) is 67.3 Å². The van der Waals surface area contributed by atoms with Gasteiger partial charge in [-0.3, -0.25) is 0 Å². The fraction of sp³-hybridized carbons (Fsp3) is 0.684. The maximum absolute atomic E-state index is 3.96. The van der Waals surface area contributed by atoms with Gasteiger partial charge in [0, 0.05) is 12.6 Å². The molecule has 0 aliphatic heterocycles. The van der Waals surface area contributed by atoms with Crippen molar-refractivity contribution in [3.63, 3.8) is 0 Å². The van der Waals surface area contributed by atoms with Gasteiger partial charge in [-0.1, -0.05) is 37.3 Å². The third kappa shape index (κ3) is 2.30. The third-order valence-electron chi connectivity index (χ3n) is 6.26. The average molecular weight is 269 g/mol. The van der Waals surface area contributed by atoms with Crippen LogP contribution in [0.3, 0.4) is 0 Å². The van der Waals surface area contributed by atoms with Gasteiger partial charge in [0.2, 0.25) is 0 Å². The lowest BCUT2D eigenvalue weighted by molar-refractivity contribution is -0.0138. The van der Waals surface area contributed by atoms with Gasteiger partial charge in [0.05, 0.1) is 0 Å². The highest BCUT2D eigenvalue weighted by molar-refractivity contribution is 5.19. The van der Waals surface area contributed by atoms with Crippen LogP contribution in [0.15, 0.2) is 30.3 Å². The van der Waals surface area contributed by atoms with Crippen LogP contribution in [0.4, 0.5) is 0 Å². The monoisotopic (exact) mass is 269 g/mol. The van der Waals surface area contributed by atoms with Crippen molar-refractivity contribution in [3.8, 4) is 0 Å². The molecule has 0 aromatic heterocycles. The van der Waals surface area contributed by atoms with E-state index in [-0.39, 0.29) is 0 Å². The van der Waals surface area contributed by atoms with E-state index in [0.29, 0.717) is 5.92 Å². The molecule has 0 radical (unpaired) electrons. The lowest BCUT2D eigenvalue weighted by Gasteiger charge is -2.54. The van der Waals surface area contributed by atoms with E-state index in [4.69, 9.17) is 0 Å². The Kier molecular flexibility index (Phi) is 3.34. The van der Waals surface area contributed by atoms with E-state index in [1.807, 2.05) is 0 Å². The summed E-state index contributed by atoms with van der Waals surface area (Å²) >= 11 is 0. The predicted molar refractivity (Wildman–Crippen MR) is 83.7 cm³/mol. The van der Waals surface area contributed by atoms with Gasteiger partial charge < -0.3 is 5.32 Å². The van der Waals surface area contributed by atoms with Gasteiger partial charge in [-0.2, -0.15) is 0 Å². The molecule has 4 bridgehead atoms. The predicted octanol–water partition coefficient (Wildman–Crippen LogP) is 4.20. The van der Waals surface area contributed by atoms with E-state index in [1.165, 1.54) is 31.2 Å². The minimum absolute atomic E-state index is 0.633. The van der Waals surface area contributed by atoms with E-state index in [0.717, 1.165) is 36.3 Å². The van der Waals surface area contributed by atoms with Crippen molar-refractivity contribution in [3.05, 3.63) is 35.9 Å². The summed E-state index contributed by atoms with van der Waals surface area (Å²) in [5.74, 6) is 4.79. The molecule has 0 spiro atoms. The Morgan fingerprint density at radius 3 is 2.15 bits per heavy atom. The summed E-state index contributed by atoms with van der Waals surface area (Å²) in [6, 6.07) is 11.8. The second-order valence-electron chi connectivity index (χ2n) is 7.68. The number of nitrogens with one attached hydrogen (secondary N) is 1. The summed E-state index contributed by atoms with van der Waals surface area (Å²) in [6.45, 7) is 3.51. The van der Waals surface area contributed by atoms with E-state index < -0.39 is 0 Å². The molecule has 0 saturated heterocycles. The molecule has 1 N–H and O–H groups in total. The zero-order valence-electron chi connectivity index (χ0n) is 12.6. The summed E-state index contributed by atoms with van der Waals surface area (Å²) in [5, 5.41) is 3.96. The SMILES string of the molecule is CC(CNC1C2CC3CC(C2)CC1C3)c1ccccc1. The molecule has 4 fully saturated rings. The molecule has 1 nitrogen and oxygen atoms in total. The van der Waals surface area contributed by atoms with Crippen molar-refractivity contribution in [2.75, 3.05) is 6.54 Å². The molecule has 0 heterocycles. The largest absolute Gasteiger partial charge is 0.313 e. The first-order chi connectivity index (χ1) is 9.79. The van der Waals surface area contributed by atoms with Crippen LogP contribution in [0.2, 0.25) is 0 Å². The number of hydrogen-bond acceptors (Lipinski definition) is 1. The Bertz CT molecular complexity index is 424. The summed E-state index contributed by atoms with van der Waals surface area (Å²) in [6.07, 6.45) is 7.63. The average Bonchev–Trinajstić information content (AvgIpc) is 2.46. The van der Waals surface area contributed by atoms with Gasteiger partial charge in [-0.25, -0.2) is 0 Å². The van der Waals surface area contributed by atoms with Crippen molar-refractivity contribution in [1.82, 2.24) is 5.32 Å². The lowest BCUT2D eigenvalue weighted by atomic mass is 9.54. The van der Waals surface area contributed by atoms with Crippen LogP contribution < -0.4 is 5.32 Å². The van der Waals surface area contributed by atoms with Gasteiger partial charge in [-0.15, -0.1) is 0 Å². The van der Waals surface area contributed by atoms with Gasteiger partial charge >= 0.3 is 0 Å². The maximum atomic E-state index is 3.96. The molecule has 4 aliphatic rings. The molecule has 20 heavy (non-hydrogen) atoms. The van der Waals surface area contributed by atoms with Crippen LogP contribution in [0.1, 0.15) is 50.5 Å². The van der Waals surface area contributed by atoms with E-state index in [9.17, 15) is 0 Å². The molecule has 108 valence electrons. The smallest absolute Gasteiger partial charge is 0.0124 e. The molecule has 5 rings (SSSR count). The molecule has 4 saturated carbocycles. The zero-order valence-corrected chi connectivity index (χ0v) is 12.6. The first kappa shape index (κ1) is 12.9. The quantitative estimate of drug-likeness (QED) is 0.863. The van der Waals surface area contributed by atoms with Crippen LogP contribution in [0, 0.1) is 23.7 Å². The maximum Gasteiger partial charge on any atom is 0.0124 e. The molecule has 4 aliphatic carbocycles. The number of benzene rings is 1. The minimum atomic E-state index is 0.633. The molecule has 1 aromatic carbocycles. The van der Waals surface area contributed by atoms with E-state index in [1.54, 1.807) is 6.42 Å². The van der Waals surface area contributed by atoms with Crippen LogP contribution >= 0.6 is 0 Å². The molecule has 1 atom stereocenters.